The molecule has 24 heavy (non-hydrogen) atoms. The number of H-pyrrole nitrogens is 1. The second kappa shape index (κ2) is 7.13. The van der Waals surface area contributed by atoms with Crippen molar-refractivity contribution in [2.45, 2.75) is 26.3 Å². The van der Waals surface area contributed by atoms with Crippen LogP contribution >= 0.6 is 0 Å². The molecule has 0 saturated heterocycles. The summed E-state index contributed by atoms with van der Waals surface area (Å²) in [6.45, 7) is 4.83. The lowest BCUT2D eigenvalue weighted by Crippen LogP contribution is -2.23. The van der Waals surface area contributed by atoms with Crippen molar-refractivity contribution in [3.05, 3.63) is 77.5 Å². The second-order valence-corrected chi connectivity index (χ2v) is 6.10. The van der Waals surface area contributed by atoms with Crippen molar-refractivity contribution in [3.63, 3.8) is 0 Å². The fraction of sp³-hybridized carbons (Fsp3) is 0.200. The molecule has 0 aliphatic rings. The van der Waals surface area contributed by atoms with Crippen LogP contribution in [0.3, 0.4) is 0 Å². The maximum atomic E-state index is 12.5. The average molecular weight is 319 g/mol. The molecule has 0 fully saturated rings. The number of hydrogen-bond acceptors (Lipinski definition) is 2. The highest BCUT2D eigenvalue weighted by Gasteiger charge is 2.14. The van der Waals surface area contributed by atoms with Crippen molar-refractivity contribution < 1.29 is 4.79 Å². The number of aromatic nitrogens is 2. The predicted octanol–water partition coefficient (Wildman–Crippen LogP) is 4.13. The minimum Gasteiger partial charge on any atom is -0.348 e. The van der Waals surface area contributed by atoms with E-state index in [4.69, 9.17) is 0 Å². The van der Waals surface area contributed by atoms with Gasteiger partial charge in [0.05, 0.1) is 17.5 Å². The molecule has 4 heteroatoms. The minimum absolute atomic E-state index is 0.129. The summed E-state index contributed by atoms with van der Waals surface area (Å²) < 4.78 is 0. The van der Waals surface area contributed by atoms with Crippen LogP contribution in [0, 0.1) is 0 Å². The summed E-state index contributed by atoms with van der Waals surface area (Å²) in [5, 5.41) is 9.89. The van der Waals surface area contributed by atoms with Gasteiger partial charge in [0.25, 0.3) is 5.91 Å². The van der Waals surface area contributed by atoms with Crippen LogP contribution in [0.1, 0.15) is 41.3 Å². The fourth-order valence-electron chi connectivity index (χ4n) is 2.58. The Morgan fingerprint density at radius 3 is 2.46 bits per heavy atom. The van der Waals surface area contributed by atoms with Crippen LogP contribution in [0.4, 0.5) is 0 Å². The molecular formula is C20H21N3O. The Morgan fingerprint density at radius 2 is 1.79 bits per heavy atom. The molecule has 2 N–H and O–H groups in total. The second-order valence-electron chi connectivity index (χ2n) is 6.10. The summed E-state index contributed by atoms with van der Waals surface area (Å²) in [5.41, 5.74) is 4.62. The summed E-state index contributed by atoms with van der Waals surface area (Å²) >= 11 is 0. The zero-order valence-electron chi connectivity index (χ0n) is 13.9. The van der Waals surface area contributed by atoms with Crippen LogP contribution in [0.2, 0.25) is 0 Å². The smallest absolute Gasteiger partial charge is 0.255 e. The fourth-order valence-corrected chi connectivity index (χ4v) is 2.58. The van der Waals surface area contributed by atoms with Gasteiger partial charge in [-0.3, -0.25) is 9.89 Å². The lowest BCUT2D eigenvalue weighted by molar-refractivity contribution is 0.0951. The summed E-state index contributed by atoms with van der Waals surface area (Å²) in [7, 11) is 0. The Labute approximate surface area is 141 Å². The zero-order chi connectivity index (χ0) is 16.9. The first-order valence-electron chi connectivity index (χ1n) is 8.11. The number of nitrogens with one attached hydrogen (secondary N) is 2. The molecule has 0 aliphatic heterocycles. The normalized spacial score (nSPS) is 10.8. The highest BCUT2D eigenvalue weighted by molar-refractivity contribution is 5.99. The summed E-state index contributed by atoms with van der Waals surface area (Å²) in [6, 6.07) is 18.1. The Kier molecular flexibility index (Phi) is 4.75. The van der Waals surface area contributed by atoms with Crippen LogP contribution in [0.25, 0.3) is 11.3 Å². The average Bonchev–Trinajstić information content (AvgIpc) is 3.10. The molecule has 0 spiro atoms. The SMILES string of the molecule is CC(C)c1ccc(CNC(=O)c2cn[nH]c2-c2ccccc2)cc1. The van der Waals surface area contributed by atoms with Crippen LogP contribution in [0.5, 0.6) is 0 Å². The molecule has 3 rings (SSSR count). The molecular weight excluding hydrogens is 298 g/mol. The first-order valence-corrected chi connectivity index (χ1v) is 8.11. The minimum atomic E-state index is -0.129. The molecule has 1 amide bonds. The molecule has 0 atom stereocenters. The van der Waals surface area contributed by atoms with Gasteiger partial charge >= 0.3 is 0 Å². The molecule has 0 saturated carbocycles. The lowest BCUT2D eigenvalue weighted by atomic mass is 10.0. The summed E-state index contributed by atoms with van der Waals surface area (Å²) in [5.74, 6) is 0.378. The van der Waals surface area contributed by atoms with E-state index in [0.29, 0.717) is 18.0 Å². The van der Waals surface area contributed by atoms with Gasteiger partial charge in [0, 0.05) is 12.1 Å². The Balaban J connectivity index is 1.69. The van der Waals surface area contributed by atoms with Crippen molar-refractivity contribution in [2.24, 2.45) is 0 Å². The Morgan fingerprint density at radius 1 is 1.08 bits per heavy atom. The Hall–Kier alpha value is -2.88. The molecule has 1 aromatic heterocycles. The van der Waals surface area contributed by atoms with E-state index < -0.39 is 0 Å². The highest BCUT2D eigenvalue weighted by Crippen LogP contribution is 2.20. The quantitative estimate of drug-likeness (QED) is 0.743. The van der Waals surface area contributed by atoms with Gasteiger partial charge in [0.2, 0.25) is 0 Å². The first kappa shape index (κ1) is 16.0. The maximum absolute atomic E-state index is 12.5. The van der Waals surface area contributed by atoms with Gasteiger partial charge in [-0.15, -0.1) is 0 Å². The van der Waals surface area contributed by atoms with Gasteiger partial charge in [0.15, 0.2) is 0 Å². The molecule has 0 radical (unpaired) electrons. The lowest BCUT2D eigenvalue weighted by Gasteiger charge is -2.08. The van der Waals surface area contributed by atoms with Gasteiger partial charge in [-0.05, 0) is 17.0 Å². The van der Waals surface area contributed by atoms with E-state index in [-0.39, 0.29) is 5.91 Å². The number of nitrogens with zero attached hydrogens (tertiary/aromatic N) is 1. The number of carbonyl (C=O) groups is 1. The highest BCUT2D eigenvalue weighted by atomic mass is 16.1. The molecule has 4 nitrogen and oxygen atoms in total. The van der Waals surface area contributed by atoms with Crippen molar-refractivity contribution in [1.82, 2.24) is 15.5 Å². The van der Waals surface area contributed by atoms with Crippen molar-refractivity contribution in [3.8, 4) is 11.3 Å². The molecule has 0 bridgehead atoms. The molecule has 2 aromatic carbocycles. The van der Waals surface area contributed by atoms with Crippen LogP contribution in [-0.4, -0.2) is 16.1 Å². The van der Waals surface area contributed by atoms with E-state index in [1.165, 1.54) is 5.56 Å². The van der Waals surface area contributed by atoms with E-state index >= 15 is 0 Å². The predicted molar refractivity (Wildman–Crippen MR) is 95.7 cm³/mol. The first-order chi connectivity index (χ1) is 11.6. The van der Waals surface area contributed by atoms with Crippen LogP contribution in [-0.2, 0) is 6.54 Å². The van der Waals surface area contributed by atoms with Gasteiger partial charge in [0.1, 0.15) is 0 Å². The molecule has 0 aliphatic carbocycles. The number of hydrogen-bond donors (Lipinski definition) is 2. The van der Waals surface area contributed by atoms with Gasteiger partial charge in [-0.25, -0.2) is 0 Å². The number of carbonyl (C=O) groups excluding carboxylic acids is 1. The zero-order valence-corrected chi connectivity index (χ0v) is 13.9. The third kappa shape index (κ3) is 3.54. The van der Waals surface area contributed by atoms with Crippen molar-refractivity contribution >= 4 is 5.91 Å². The number of aromatic amines is 1. The molecule has 0 unspecified atom stereocenters. The number of rotatable bonds is 5. The van der Waals surface area contributed by atoms with Crippen molar-refractivity contribution in [1.29, 1.82) is 0 Å². The maximum Gasteiger partial charge on any atom is 0.255 e. The van der Waals surface area contributed by atoms with Gasteiger partial charge in [-0.1, -0.05) is 68.4 Å². The van der Waals surface area contributed by atoms with Gasteiger partial charge in [-0.2, -0.15) is 5.10 Å². The van der Waals surface area contributed by atoms with E-state index in [1.807, 2.05) is 30.3 Å². The van der Waals surface area contributed by atoms with Crippen LogP contribution in [0.15, 0.2) is 60.8 Å². The third-order valence-electron chi connectivity index (χ3n) is 4.05. The van der Waals surface area contributed by atoms with E-state index in [9.17, 15) is 4.79 Å². The van der Waals surface area contributed by atoms with Crippen LogP contribution < -0.4 is 5.32 Å². The van der Waals surface area contributed by atoms with E-state index in [2.05, 4.69) is 53.6 Å². The van der Waals surface area contributed by atoms with Crippen molar-refractivity contribution in [2.75, 3.05) is 0 Å². The molecule has 122 valence electrons. The standard InChI is InChI=1S/C20H21N3O/c1-14(2)16-10-8-15(9-11-16)12-21-20(24)18-13-22-23-19(18)17-6-4-3-5-7-17/h3-11,13-14H,12H2,1-2H3,(H,21,24)(H,22,23). The van der Waals surface area contributed by atoms with Gasteiger partial charge < -0.3 is 5.32 Å². The summed E-state index contributed by atoms with van der Waals surface area (Å²) in [6.07, 6.45) is 1.57. The number of benzene rings is 2. The Bertz CT molecular complexity index is 804. The largest absolute Gasteiger partial charge is 0.348 e. The molecule has 3 aromatic rings. The summed E-state index contributed by atoms with van der Waals surface area (Å²) in [4.78, 5) is 12.5. The van der Waals surface area contributed by atoms with E-state index in [1.54, 1.807) is 6.20 Å². The monoisotopic (exact) mass is 319 g/mol. The van der Waals surface area contributed by atoms with E-state index in [0.717, 1.165) is 16.8 Å². The molecule has 1 heterocycles. The third-order valence-corrected chi connectivity index (χ3v) is 4.05. The topological polar surface area (TPSA) is 57.8 Å². The number of amides is 1.